The van der Waals surface area contributed by atoms with E-state index in [2.05, 4.69) is 202 Å². The highest BCUT2D eigenvalue weighted by atomic mass is 15.1. The van der Waals surface area contributed by atoms with Crippen molar-refractivity contribution < 1.29 is 0 Å². The molecule has 0 aliphatic rings. The summed E-state index contributed by atoms with van der Waals surface area (Å²) in [5.41, 5.74) is 13.1. The Labute approximate surface area is 294 Å². The Morgan fingerprint density at radius 1 is 0.314 bits per heavy atom. The summed E-state index contributed by atoms with van der Waals surface area (Å²) in [6.07, 6.45) is 0. The normalized spacial score (nSPS) is 11.9. The summed E-state index contributed by atoms with van der Waals surface area (Å²) >= 11 is 0. The molecule has 51 heavy (non-hydrogen) atoms. The van der Waals surface area contributed by atoms with E-state index in [1.165, 1.54) is 71.0 Å². The highest BCUT2D eigenvalue weighted by Crippen LogP contribution is 2.44. The Morgan fingerprint density at radius 3 is 1.57 bits per heavy atom. The number of nitrogens with zero attached hydrogens (tertiary/aromatic N) is 3. The van der Waals surface area contributed by atoms with Crippen LogP contribution < -0.4 is 4.90 Å². The number of fused-ring (bicyclic) bond motifs is 5. The van der Waals surface area contributed by atoms with Crippen LogP contribution in [-0.2, 0) is 0 Å². The van der Waals surface area contributed by atoms with Gasteiger partial charge < -0.3 is 13.9 Å². The maximum Gasteiger partial charge on any atom is 0.0619 e. The molecule has 0 amide bonds. The van der Waals surface area contributed by atoms with Crippen molar-refractivity contribution in [3.8, 4) is 16.8 Å². The fourth-order valence-corrected chi connectivity index (χ4v) is 8.47. The molecule has 11 aromatic rings. The highest BCUT2D eigenvalue weighted by Gasteiger charge is 2.22. The predicted molar refractivity (Wildman–Crippen MR) is 216 cm³/mol. The molecule has 11 rings (SSSR count). The molecule has 3 heterocycles. The smallest absolute Gasteiger partial charge is 0.0619 e. The SMILES string of the molecule is c1ccc(-c2ccc(N(c3ccccc3)c3ccc(-n4c5cccc6c7cccc8c9ccccc9n(c9cccc4c9c65)c78)cc3)cc2)cc1. The Balaban J connectivity index is 1.12. The first kappa shape index (κ1) is 28.0. The zero-order valence-electron chi connectivity index (χ0n) is 27.7. The van der Waals surface area contributed by atoms with E-state index in [0.29, 0.717) is 0 Å². The van der Waals surface area contributed by atoms with Crippen molar-refractivity contribution >= 4 is 77.0 Å². The van der Waals surface area contributed by atoms with E-state index in [1.807, 2.05) is 0 Å². The molecule has 0 radical (unpaired) electrons. The van der Waals surface area contributed by atoms with Crippen LogP contribution >= 0.6 is 0 Å². The van der Waals surface area contributed by atoms with Gasteiger partial charge in [-0.25, -0.2) is 0 Å². The van der Waals surface area contributed by atoms with Crippen molar-refractivity contribution in [2.75, 3.05) is 4.90 Å². The van der Waals surface area contributed by atoms with Crippen molar-refractivity contribution in [1.29, 1.82) is 0 Å². The first-order valence-electron chi connectivity index (χ1n) is 17.5. The zero-order chi connectivity index (χ0) is 33.5. The van der Waals surface area contributed by atoms with E-state index in [-0.39, 0.29) is 0 Å². The van der Waals surface area contributed by atoms with Crippen molar-refractivity contribution in [1.82, 2.24) is 8.97 Å². The predicted octanol–water partition coefficient (Wildman–Crippen LogP) is 13.1. The molecule has 0 saturated heterocycles. The van der Waals surface area contributed by atoms with Gasteiger partial charge in [-0.1, -0.05) is 115 Å². The van der Waals surface area contributed by atoms with Gasteiger partial charge in [-0.2, -0.15) is 0 Å². The Morgan fingerprint density at radius 2 is 0.804 bits per heavy atom. The van der Waals surface area contributed by atoms with Gasteiger partial charge in [0.15, 0.2) is 0 Å². The molecule has 0 saturated carbocycles. The molecular formula is C48H31N3. The van der Waals surface area contributed by atoms with Crippen LogP contribution in [0.15, 0.2) is 188 Å². The number of rotatable bonds is 5. The summed E-state index contributed by atoms with van der Waals surface area (Å²) in [7, 11) is 0. The molecule has 3 aromatic heterocycles. The minimum Gasteiger partial charge on any atom is -0.311 e. The van der Waals surface area contributed by atoms with E-state index in [1.54, 1.807) is 0 Å². The molecule has 3 heteroatoms. The minimum atomic E-state index is 1.11. The summed E-state index contributed by atoms with van der Waals surface area (Å²) < 4.78 is 4.94. The van der Waals surface area contributed by atoms with Crippen molar-refractivity contribution in [3.63, 3.8) is 0 Å². The lowest BCUT2D eigenvalue weighted by molar-refractivity contribution is 1.17. The van der Waals surface area contributed by atoms with Gasteiger partial charge in [-0.15, -0.1) is 0 Å². The van der Waals surface area contributed by atoms with Crippen LogP contribution in [0.1, 0.15) is 0 Å². The summed E-state index contributed by atoms with van der Waals surface area (Å²) in [6, 6.07) is 68.3. The Kier molecular flexibility index (Phi) is 5.96. The molecule has 8 aromatic carbocycles. The van der Waals surface area contributed by atoms with Gasteiger partial charge in [0.25, 0.3) is 0 Å². The lowest BCUT2D eigenvalue weighted by atomic mass is 10.0. The summed E-state index contributed by atoms with van der Waals surface area (Å²) in [4.78, 5) is 2.33. The van der Waals surface area contributed by atoms with Gasteiger partial charge in [0, 0.05) is 49.7 Å². The van der Waals surface area contributed by atoms with E-state index in [9.17, 15) is 0 Å². The summed E-state index contributed by atoms with van der Waals surface area (Å²) in [6.45, 7) is 0. The van der Waals surface area contributed by atoms with Gasteiger partial charge in [0.2, 0.25) is 0 Å². The van der Waals surface area contributed by atoms with Crippen LogP contribution in [-0.4, -0.2) is 8.97 Å². The number of hydrogen-bond acceptors (Lipinski definition) is 1. The van der Waals surface area contributed by atoms with Gasteiger partial charge in [-0.05, 0) is 89.3 Å². The van der Waals surface area contributed by atoms with Gasteiger partial charge in [-0.3, -0.25) is 0 Å². The minimum absolute atomic E-state index is 1.11. The van der Waals surface area contributed by atoms with E-state index >= 15 is 0 Å². The average Bonchev–Trinajstić information content (AvgIpc) is 3.68. The van der Waals surface area contributed by atoms with Crippen LogP contribution in [0, 0.1) is 0 Å². The molecular weight excluding hydrogens is 619 g/mol. The molecule has 0 aliphatic heterocycles. The quantitative estimate of drug-likeness (QED) is 0.181. The number of aromatic nitrogens is 2. The van der Waals surface area contributed by atoms with Crippen LogP contribution in [0.5, 0.6) is 0 Å². The monoisotopic (exact) mass is 649 g/mol. The lowest BCUT2D eigenvalue weighted by Crippen LogP contribution is -2.10. The van der Waals surface area contributed by atoms with Crippen molar-refractivity contribution in [3.05, 3.63) is 188 Å². The first-order valence-corrected chi connectivity index (χ1v) is 17.5. The standard InChI is InChI=1S/C48H31N3/c1-3-12-32(13-4-1)33-24-26-35(27-25-33)49(34-14-5-2-6-15-34)36-28-30-37(31-29-36)50-43-21-10-17-39-41-19-9-18-40-38-16-7-8-20-42(38)51(48(40)41)45-23-11-22-44(50)47(45)46(39)43/h1-31H. The van der Waals surface area contributed by atoms with Gasteiger partial charge >= 0.3 is 0 Å². The highest BCUT2D eigenvalue weighted by molar-refractivity contribution is 6.31. The van der Waals surface area contributed by atoms with E-state index in [0.717, 1.165) is 22.7 Å². The third kappa shape index (κ3) is 4.06. The van der Waals surface area contributed by atoms with Gasteiger partial charge in [0.05, 0.1) is 27.6 Å². The maximum atomic E-state index is 2.50. The Bertz CT molecular complexity index is 3040. The summed E-state index contributed by atoms with van der Waals surface area (Å²) in [5.74, 6) is 0. The van der Waals surface area contributed by atoms with Crippen molar-refractivity contribution in [2.45, 2.75) is 0 Å². The molecule has 0 atom stereocenters. The fourth-order valence-electron chi connectivity index (χ4n) is 8.47. The molecule has 238 valence electrons. The fraction of sp³-hybridized carbons (Fsp3) is 0. The second-order valence-electron chi connectivity index (χ2n) is 13.4. The van der Waals surface area contributed by atoms with Crippen molar-refractivity contribution in [2.24, 2.45) is 0 Å². The number of anilines is 3. The molecule has 0 N–H and O–H groups in total. The van der Waals surface area contributed by atoms with Crippen LogP contribution in [0.2, 0.25) is 0 Å². The van der Waals surface area contributed by atoms with E-state index < -0.39 is 0 Å². The van der Waals surface area contributed by atoms with Crippen LogP contribution in [0.25, 0.3) is 76.7 Å². The number of benzene rings is 8. The molecule has 0 unspecified atom stereocenters. The summed E-state index contributed by atoms with van der Waals surface area (Å²) in [5, 5.41) is 7.73. The molecule has 0 spiro atoms. The number of para-hydroxylation sites is 3. The second-order valence-corrected chi connectivity index (χ2v) is 13.4. The lowest BCUT2D eigenvalue weighted by Gasteiger charge is -2.26. The molecule has 3 nitrogen and oxygen atoms in total. The van der Waals surface area contributed by atoms with E-state index in [4.69, 9.17) is 0 Å². The molecule has 0 aliphatic carbocycles. The van der Waals surface area contributed by atoms with Crippen LogP contribution in [0.3, 0.4) is 0 Å². The van der Waals surface area contributed by atoms with Gasteiger partial charge in [0.1, 0.15) is 0 Å². The topological polar surface area (TPSA) is 12.6 Å². The second kappa shape index (κ2) is 10.8. The average molecular weight is 650 g/mol. The maximum absolute atomic E-state index is 2.50. The Hall–Kier alpha value is -6.84. The number of hydrogen-bond donors (Lipinski definition) is 0. The molecule has 0 bridgehead atoms. The van der Waals surface area contributed by atoms with Crippen LogP contribution in [0.4, 0.5) is 17.1 Å². The zero-order valence-corrected chi connectivity index (χ0v) is 27.7. The largest absolute Gasteiger partial charge is 0.311 e. The third-order valence-electron chi connectivity index (χ3n) is 10.6. The molecule has 0 fully saturated rings. The third-order valence-corrected chi connectivity index (χ3v) is 10.6. The first-order chi connectivity index (χ1) is 25.3.